The van der Waals surface area contributed by atoms with Crippen LogP contribution >= 0.6 is 0 Å². The summed E-state index contributed by atoms with van der Waals surface area (Å²) in [7, 11) is 0. The molecule has 0 saturated heterocycles. The number of rotatable bonds is 5. The van der Waals surface area contributed by atoms with Crippen LogP contribution in [-0.2, 0) is 0 Å². The molecule has 57 heavy (non-hydrogen) atoms. The Morgan fingerprint density at radius 2 is 1.07 bits per heavy atom. The molecule has 268 valence electrons. The van der Waals surface area contributed by atoms with Gasteiger partial charge in [-0.2, -0.15) is 0 Å². The van der Waals surface area contributed by atoms with Gasteiger partial charge in [0.1, 0.15) is 22.3 Å². The van der Waals surface area contributed by atoms with Gasteiger partial charge in [0.15, 0.2) is 17.5 Å². The molecule has 4 aromatic heterocycles. The summed E-state index contributed by atoms with van der Waals surface area (Å²) in [6, 6.07) is 52.5. The Morgan fingerprint density at radius 3 is 1.88 bits per heavy atom. The molecular weight excluding hydrogens is 701 g/mol. The molecular formula is C51H32N4O2. The second kappa shape index (κ2) is 12.5. The minimum atomic E-state index is 0.588. The summed E-state index contributed by atoms with van der Waals surface area (Å²) in [6.07, 6.45) is 8.70. The molecule has 11 aromatic rings. The highest BCUT2D eigenvalue weighted by atomic mass is 16.3. The molecule has 0 atom stereocenters. The van der Waals surface area contributed by atoms with Gasteiger partial charge in [-0.1, -0.05) is 103 Å². The van der Waals surface area contributed by atoms with E-state index < -0.39 is 0 Å². The van der Waals surface area contributed by atoms with Crippen LogP contribution in [0.2, 0.25) is 0 Å². The molecule has 0 radical (unpaired) electrons. The van der Waals surface area contributed by atoms with Crippen molar-refractivity contribution in [1.82, 2.24) is 19.5 Å². The van der Waals surface area contributed by atoms with Gasteiger partial charge in [0.2, 0.25) is 0 Å². The fourth-order valence-corrected chi connectivity index (χ4v) is 8.65. The summed E-state index contributed by atoms with van der Waals surface area (Å²) in [4.78, 5) is 15.2. The Balaban J connectivity index is 1.04. The second-order valence-corrected chi connectivity index (χ2v) is 14.7. The van der Waals surface area contributed by atoms with Crippen LogP contribution in [0.5, 0.6) is 0 Å². The summed E-state index contributed by atoms with van der Waals surface area (Å²) in [5.41, 5.74) is 12.0. The van der Waals surface area contributed by atoms with Crippen molar-refractivity contribution in [3.63, 3.8) is 0 Å². The van der Waals surface area contributed by atoms with Crippen molar-refractivity contribution in [1.29, 1.82) is 0 Å². The molecule has 0 amide bonds. The maximum Gasteiger partial charge on any atom is 0.164 e. The van der Waals surface area contributed by atoms with Crippen LogP contribution in [0.1, 0.15) is 12.8 Å². The van der Waals surface area contributed by atoms with Crippen molar-refractivity contribution in [2.75, 3.05) is 0 Å². The van der Waals surface area contributed by atoms with E-state index in [9.17, 15) is 0 Å². The zero-order chi connectivity index (χ0) is 37.5. The lowest BCUT2D eigenvalue weighted by Crippen LogP contribution is -2.00. The Bertz CT molecular complexity index is 3470. The molecule has 0 aliphatic heterocycles. The lowest BCUT2D eigenvalue weighted by atomic mass is 9.97. The van der Waals surface area contributed by atoms with Gasteiger partial charge in [0.05, 0.1) is 11.0 Å². The highest BCUT2D eigenvalue weighted by molar-refractivity contribution is 6.15. The average molecular weight is 733 g/mol. The number of aromatic nitrogens is 4. The first-order chi connectivity index (χ1) is 28.2. The van der Waals surface area contributed by atoms with Crippen LogP contribution in [0.25, 0.3) is 117 Å². The van der Waals surface area contributed by atoms with E-state index in [0.717, 1.165) is 84.5 Å². The number of nitrogens with zero attached hydrogens (tertiary/aromatic N) is 4. The Hall–Kier alpha value is -7.57. The highest BCUT2D eigenvalue weighted by Gasteiger charge is 2.20. The Kier molecular flexibility index (Phi) is 6.95. The van der Waals surface area contributed by atoms with E-state index >= 15 is 0 Å². The number of furan rings is 2. The Morgan fingerprint density at radius 1 is 0.439 bits per heavy atom. The first kappa shape index (κ1) is 31.7. The van der Waals surface area contributed by atoms with E-state index in [4.69, 9.17) is 23.8 Å². The number of benzene rings is 7. The normalized spacial score (nSPS) is 13.2. The van der Waals surface area contributed by atoms with Crippen LogP contribution in [0.15, 0.2) is 179 Å². The van der Waals surface area contributed by atoms with Crippen molar-refractivity contribution in [3.8, 4) is 45.3 Å². The summed E-state index contributed by atoms with van der Waals surface area (Å²) in [6.45, 7) is 0. The standard InChI is InChI=1S/C51H32N4O2/c1-3-12-31(13-4-1)49-52-50(33-23-26-45-40(28-33)39-17-8-10-20-44(39)56-45)54-51(53-49)34-24-27-46-41(29-34)48-36(18-11-21-47(48)57-46)32-22-25-38-37-16-7-9-19-42(37)55(43(38)30-32)35-14-5-2-6-15-35/h1-5,7-14,16-30H,6,15H2. The van der Waals surface area contributed by atoms with E-state index in [2.05, 4.69) is 102 Å². The van der Waals surface area contributed by atoms with Crippen LogP contribution in [-0.4, -0.2) is 19.5 Å². The van der Waals surface area contributed by atoms with Crippen LogP contribution in [0, 0.1) is 0 Å². The zero-order valence-corrected chi connectivity index (χ0v) is 30.7. The van der Waals surface area contributed by atoms with Crippen molar-refractivity contribution in [3.05, 3.63) is 170 Å². The third-order valence-electron chi connectivity index (χ3n) is 11.3. The van der Waals surface area contributed by atoms with Gasteiger partial charge < -0.3 is 13.4 Å². The predicted molar refractivity (Wildman–Crippen MR) is 232 cm³/mol. The Labute approximate surface area is 326 Å². The minimum Gasteiger partial charge on any atom is -0.456 e. The van der Waals surface area contributed by atoms with Crippen LogP contribution < -0.4 is 0 Å². The lowest BCUT2D eigenvalue weighted by Gasteiger charge is -2.14. The number of hydrogen-bond acceptors (Lipinski definition) is 5. The predicted octanol–water partition coefficient (Wildman–Crippen LogP) is 13.6. The molecule has 0 saturated carbocycles. The van der Waals surface area contributed by atoms with Gasteiger partial charge in [-0.05, 0) is 90.7 Å². The van der Waals surface area contributed by atoms with E-state index in [0.29, 0.717) is 17.5 Å². The first-order valence-corrected chi connectivity index (χ1v) is 19.3. The van der Waals surface area contributed by atoms with Gasteiger partial charge in [0.25, 0.3) is 0 Å². The number of allylic oxidation sites excluding steroid dienone is 4. The number of para-hydroxylation sites is 2. The molecule has 1 aliphatic rings. The smallest absolute Gasteiger partial charge is 0.164 e. The first-order valence-electron chi connectivity index (χ1n) is 19.3. The molecule has 4 heterocycles. The summed E-state index contributed by atoms with van der Waals surface area (Å²) < 4.78 is 15.1. The molecule has 7 aromatic carbocycles. The quantitative estimate of drug-likeness (QED) is 0.176. The van der Waals surface area contributed by atoms with E-state index in [1.54, 1.807) is 0 Å². The fraction of sp³-hybridized carbons (Fsp3) is 0.0392. The monoisotopic (exact) mass is 732 g/mol. The van der Waals surface area contributed by atoms with Crippen molar-refractivity contribution >= 4 is 71.4 Å². The van der Waals surface area contributed by atoms with Crippen LogP contribution in [0.4, 0.5) is 0 Å². The van der Waals surface area contributed by atoms with Crippen molar-refractivity contribution in [2.45, 2.75) is 12.8 Å². The molecule has 12 rings (SSSR count). The number of hydrogen-bond donors (Lipinski definition) is 0. The SMILES string of the molecule is C1=CCCC(n2c3ccccc3c3ccc(-c4cccc5oc6ccc(-c7nc(-c8ccccc8)nc(-c8ccc9oc%10ccccc%10c9c8)n7)cc6c45)cc32)=C1. The maximum absolute atomic E-state index is 6.53. The molecule has 0 fully saturated rings. The average Bonchev–Trinajstić information content (AvgIpc) is 3.95. The van der Waals surface area contributed by atoms with Gasteiger partial charge in [-0.3, -0.25) is 0 Å². The maximum atomic E-state index is 6.53. The van der Waals surface area contributed by atoms with Crippen LogP contribution in [0.3, 0.4) is 0 Å². The third kappa shape index (κ3) is 5.07. The highest BCUT2D eigenvalue weighted by Crippen LogP contribution is 2.42. The topological polar surface area (TPSA) is 69.9 Å². The molecule has 0 spiro atoms. The molecule has 0 bridgehead atoms. The molecule has 0 N–H and O–H groups in total. The summed E-state index contributed by atoms with van der Waals surface area (Å²) >= 11 is 0. The molecule has 6 heteroatoms. The van der Waals surface area contributed by atoms with E-state index in [1.807, 2.05) is 72.8 Å². The molecule has 1 aliphatic carbocycles. The zero-order valence-electron chi connectivity index (χ0n) is 30.7. The van der Waals surface area contributed by atoms with E-state index in [1.165, 1.54) is 27.5 Å². The molecule has 0 unspecified atom stereocenters. The number of fused-ring (bicyclic) bond motifs is 9. The fourth-order valence-electron chi connectivity index (χ4n) is 8.65. The van der Waals surface area contributed by atoms with Gasteiger partial charge in [-0.15, -0.1) is 0 Å². The van der Waals surface area contributed by atoms with E-state index in [-0.39, 0.29) is 0 Å². The lowest BCUT2D eigenvalue weighted by molar-refractivity contribution is 0.668. The summed E-state index contributed by atoms with van der Waals surface area (Å²) in [5, 5.41) is 6.66. The largest absolute Gasteiger partial charge is 0.456 e. The van der Waals surface area contributed by atoms with Gasteiger partial charge in [-0.25, -0.2) is 15.0 Å². The van der Waals surface area contributed by atoms with Crippen molar-refractivity contribution < 1.29 is 8.83 Å². The van der Waals surface area contributed by atoms with Gasteiger partial charge in [0, 0.05) is 54.7 Å². The molecule has 6 nitrogen and oxygen atoms in total. The van der Waals surface area contributed by atoms with Crippen molar-refractivity contribution in [2.24, 2.45) is 0 Å². The van der Waals surface area contributed by atoms with Gasteiger partial charge >= 0.3 is 0 Å². The summed E-state index contributed by atoms with van der Waals surface area (Å²) in [5.74, 6) is 1.79. The second-order valence-electron chi connectivity index (χ2n) is 14.7. The minimum absolute atomic E-state index is 0.588. The third-order valence-corrected chi connectivity index (χ3v) is 11.3.